The molecule has 0 radical (unpaired) electrons. The van der Waals surface area contributed by atoms with E-state index in [2.05, 4.69) is 5.32 Å². The normalized spacial score (nSPS) is 10.4. The number of anilines is 1. The Morgan fingerprint density at radius 1 is 1.10 bits per heavy atom. The molecule has 2 nitrogen and oxygen atoms in total. The van der Waals surface area contributed by atoms with E-state index in [1.807, 2.05) is 24.3 Å². The Morgan fingerprint density at radius 3 is 2.62 bits per heavy atom. The summed E-state index contributed by atoms with van der Waals surface area (Å²) < 4.78 is 13.1. The zero-order valence-corrected chi connectivity index (χ0v) is 12.4. The van der Waals surface area contributed by atoms with E-state index in [0.29, 0.717) is 11.4 Å². The van der Waals surface area contributed by atoms with Crippen LogP contribution < -0.4 is 5.32 Å². The van der Waals surface area contributed by atoms with Crippen molar-refractivity contribution in [2.45, 2.75) is 19.3 Å². The number of benzene rings is 2. The first-order valence-corrected chi connectivity index (χ1v) is 7.40. The molecule has 21 heavy (non-hydrogen) atoms. The highest BCUT2D eigenvalue weighted by Crippen LogP contribution is 2.13. The molecule has 2 rings (SSSR count). The van der Waals surface area contributed by atoms with Gasteiger partial charge in [-0.2, -0.15) is 0 Å². The van der Waals surface area contributed by atoms with E-state index < -0.39 is 0 Å². The van der Waals surface area contributed by atoms with E-state index >= 15 is 0 Å². The summed E-state index contributed by atoms with van der Waals surface area (Å²) in [5.41, 5.74) is 2.55. The molecule has 0 bridgehead atoms. The summed E-state index contributed by atoms with van der Waals surface area (Å²) in [6.45, 7) is 0. The average Bonchev–Trinajstić information content (AvgIpc) is 2.45. The zero-order chi connectivity index (χ0) is 15.1. The van der Waals surface area contributed by atoms with E-state index in [1.54, 1.807) is 12.1 Å². The van der Waals surface area contributed by atoms with E-state index in [9.17, 15) is 9.18 Å². The van der Waals surface area contributed by atoms with Crippen LogP contribution in [0.2, 0.25) is 0 Å². The quantitative estimate of drug-likeness (QED) is 0.797. The molecule has 2 aromatic rings. The first kappa shape index (κ1) is 15.5. The Morgan fingerprint density at radius 2 is 1.86 bits per heavy atom. The monoisotopic (exact) mass is 305 g/mol. The van der Waals surface area contributed by atoms with Crippen LogP contribution in [0.15, 0.2) is 48.5 Å². The van der Waals surface area contributed by atoms with Gasteiger partial charge in [0.1, 0.15) is 5.82 Å². The van der Waals surface area contributed by atoms with Crippen LogP contribution in [0, 0.1) is 5.82 Å². The van der Waals surface area contributed by atoms with Gasteiger partial charge in [-0.15, -0.1) is 11.6 Å². The van der Waals surface area contributed by atoms with Crippen molar-refractivity contribution in [2.24, 2.45) is 0 Å². The second-order valence-electron chi connectivity index (χ2n) is 4.85. The Balaban J connectivity index is 1.96. The molecule has 0 unspecified atom stereocenters. The van der Waals surface area contributed by atoms with Gasteiger partial charge in [-0.1, -0.05) is 24.3 Å². The molecule has 0 fully saturated rings. The largest absolute Gasteiger partial charge is 0.326 e. The molecular weight excluding hydrogens is 289 g/mol. The van der Waals surface area contributed by atoms with Gasteiger partial charge in [-0.05, 0) is 48.2 Å². The molecule has 4 heteroatoms. The first-order valence-electron chi connectivity index (χ1n) is 6.86. The van der Waals surface area contributed by atoms with Crippen molar-refractivity contribution in [1.29, 1.82) is 0 Å². The minimum Gasteiger partial charge on any atom is -0.326 e. The standard InChI is InChI=1S/C17H17ClFNO/c18-9-3-6-13-4-2-8-16(11-13)20-17(21)12-14-5-1-7-15(19)10-14/h1-2,4-5,7-8,10-11H,3,6,9,12H2,(H,20,21). The van der Waals surface area contributed by atoms with E-state index in [1.165, 1.54) is 12.1 Å². The Hall–Kier alpha value is -1.87. The predicted octanol–water partition coefficient (Wildman–Crippen LogP) is 4.18. The number of aryl methyl sites for hydroxylation is 1. The number of halogens is 2. The van der Waals surface area contributed by atoms with Crippen LogP contribution in [-0.4, -0.2) is 11.8 Å². The van der Waals surface area contributed by atoms with Gasteiger partial charge < -0.3 is 5.32 Å². The van der Waals surface area contributed by atoms with E-state index in [0.717, 1.165) is 24.1 Å². The van der Waals surface area contributed by atoms with Crippen molar-refractivity contribution in [3.05, 3.63) is 65.5 Å². The predicted molar refractivity (Wildman–Crippen MR) is 84.2 cm³/mol. The van der Waals surface area contributed by atoms with Crippen molar-refractivity contribution in [2.75, 3.05) is 11.2 Å². The van der Waals surface area contributed by atoms with Gasteiger partial charge in [0.2, 0.25) is 5.91 Å². The first-order chi connectivity index (χ1) is 10.2. The molecule has 0 saturated carbocycles. The summed E-state index contributed by atoms with van der Waals surface area (Å²) in [5, 5.41) is 2.83. The number of carbonyl (C=O) groups is 1. The summed E-state index contributed by atoms with van der Waals surface area (Å²) in [6, 6.07) is 13.8. The van der Waals surface area contributed by atoms with Crippen molar-refractivity contribution in [3.63, 3.8) is 0 Å². The summed E-state index contributed by atoms with van der Waals surface area (Å²) in [6.07, 6.45) is 1.95. The molecule has 110 valence electrons. The van der Waals surface area contributed by atoms with Crippen LogP contribution in [0.25, 0.3) is 0 Å². The maximum atomic E-state index is 13.1. The molecule has 1 amide bonds. The lowest BCUT2D eigenvalue weighted by Gasteiger charge is -2.07. The molecule has 0 aliphatic rings. The summed E-state index contributed by atoms with van der Waals surface area (Å²) in [4.78, 5) is 12.0. The molecule has 0 aromatic heterocycles. The highest BCUT2D eigenvalue weighted by molar-refractivity contribution is 6.17. The molecule has 0 aliphatic carbocycles. The SMILES string of the molecule is O=C(Cc1cccc(F)c1)Nc1cccc(CCCCl)c1. The lowest BCUT2D eigenvalue weighted by molar-refractivity contribution is -0.115. The summed E-state index contributed by atoms with van der Waals surface area (Å²) >= 11 is 5.68. The minimum absolute atomic E-state index is 0.156. The zero-order valence-electron chi connectivity index (χ0n) is 11.6. The average molecular weight is 306 g/mol. The molecule has 0 heterocycles. The smallest absolute Gasteiger partial charge is 0.228 e. The Labute approximate surface area is 128 Å². The minimum atomic E-state index is -0.330. The Bertz CT molecular complexity index is 615. The molecule has 0 saturated heterocycles. The highest BCUT2D eigenvalue weighted by Gasteiger charge is 2.05. The summed E-state index contributed by atoms with van der Waals surface area (Å²) in [5.74, 6) is 0.134. The van der Waals surface area contributed by atoms with Gasteiger partial charge >= 0.3 is 0 Å². The Kier molecular flexibility index (Phi) is 5.76. The van der Waals surface area contributed by atoms with Crippen LogP contribution in [0.1, 0.15) is 17.5 Å². The molecule has 0 spiro atoms. The number of hydrogen-bond donors (Lipinski definition) is 1. The third-order valence-electron chi connectivity index (χ3n) is 3.06. The molecule has 0 aliphatic heterocycles. The van der Waals surface area contributed by atoms with Crippen LogP contribution in [0.4, 0.5) is 10.1 Å². The van der Waals surface area contributed by atoms with E-state index in [-0.39, 0.29) is 18.1 Å². The van der Waals surface area contributed by atoms with Crippen molar-refractivity contribution >= 4 is 23.2 Å². The second-order valence-corrected chi connectivity index (χ2v) is 5.23. The lowest BCUT2D eigenvalue weighted by Crippen LogP contribution is -2.14. The van der Waals surface area contributed by atoms with E-state index in [4.69, 9.17) is 11.6 Å². The van der Waals surface area contributed by atoms with Crippen LogP contribution in [-0.2, 0) is 17.6 Å². The molecular formula is C17H17ClFNO. The van der Waals surface area contributed by atoms with Gasteiger partial charge in [0, 0.05) is 11.6 Å². The van der Waals surface area contributed by atoms with Gasteiger partial charge in [0.15, 0.2) is 0 Å². The molecule has 0 atom stereocenters. The van der Waals surface area contributed by atoms with Gasteiger partial charge in [0.25, 0.3) is 0 Å². The van der Waals surface area contributed by atoms with Crippen LogP contribution in [0.3, 0.4) is 0 Å². The fourth-order valence-electron chi connectivity index (χ4n) is 2.11. The fourth-order valence-corrected chi connectivity index (χ4v) is 2.25. The second kappa shape index (κ2) is 7.79. The fraction of sp³-hybridized carbons (Fsp3) is 0.235. The number of alkyl halides is 1. The number of nitrogens with one attached hydrogen (secondary N) is 1. The highest BCUT2D eigenvalue weighted by atomic mass is 35.5. The topological polar surface area (TPSA) is 29.1 Å². The van der Waals surface area contributed by atoms with Crippen molar-refractivity contribution in [1.82, 2.24) is 0 Å². The van der Waals surface area contributed by atoms with Crippen molar-refractivity contribution in [3.8, 4) is 0 Å². The third kappa shape index (κ3) is 5.20. The van der Waals surface area contributed by atoms with Crippen molar-refractivity contribution < 1.29 is 9.18 Å². The third-order valence-corrected chi connectivity index (χ3v) is 3.33. The maximum Gasteiger partial charge on any atom is 0.228 e. The number of rotatable bonds is 6. The van der Waals surface area contributed by atoms with Crippen LogP contribution >= 0.6 is 11.6 Å². The van der Waals surface area contributed by atoms with Crippen LogP contribution in [0.5, 0.6) is 0 Å². The number of hydrogen-bond acceptors (Lipinski definition) is 1. The molecule has 2 aromatic carbocycles. The molecule has 1 N–H and O–H groups in total. The van der Waals surface area contributed by atoms with Gasteiger partial charge in [-0.25, -0.2) is 4.39 Å². The van der Waals surface area contributed by atoms with Gasteiger partial charge in [-0.3, -0.25) is 4.79 Å². The lowest BCUT2D eigenvalue weighted by atomic mass is 10.1. The number of carbonyl (C=O) groups excluding carboxylic acids is 1. The van der Waals surface area contributed by atoms with Gasteiger partial charge in [0.05, 0.1) is 6.42 Å². The maximum absolute atomic E-state index is 13.1. The number of amides is 1. The summed E-state index contributed by atoms with van der Waals surface area (Å²) in [7, 11) is 0.